The van der Waals surface area contributed by atoms with E-state index in [9.17, 15) is 17.2 Å². The molecule has 0 spiro atoms. The fourth-order valence-electron chi connectivity index (χ4n) is 0.827. The van der Waals surface area contributed by atoms with Crippen molar-refractivity contribution in [1.82, 2.24) is 0 Å². The highest BCUT2D eigenvalue weighted by Gasteiger charge is 2.10. The van der Waals surface area contributed by atoms with Gasteiger partial charge in [0.2, 0.25) is 10.0 Å². The number of halogens is 2. The number of alkyl halides is 2. The first kappa shape index (κ1) is 11.4. The summed E-state index contributed by atoms with van der Waals surface area (Å²) in [6.45, 7) is 0. The lowest BCUT2D eigenvalue weighted by Crippen LogP contribution is -2.11. The molecule has 0 saturated heterocycles. The lowest BCUT2D eigenvalue weighted by Gasteiger charge is -2.02. The van der Waals surface area contributed by atoms with Gasteiger partial charge in [0, 0.05) is 4.90 Å². The van der Waals surface area contributed by atoms with Gasteiger partial charge >= 0.3 is 0 Å². The lowest BCUT2D eigenvalue weighted by molar-refractivity contribution is 0.252. The molecule has 78 valence electrons. The normalized spacial score (nSPS) is 12.0. The lowest BCUT2D eigenvalue weighted by atomic mass is 10.4. The summed E-state index contributed by atoms with van der Waals surface area (Å²) >= 11 is 0.275. The Bertz CT molecular complexity index is 419. The summed E-state index contributed by atoms with van der Waals surface area (Å²) in [5.74, 6) is -2.58. The Morgan fingerprint density at radius 1 is 1.36 bits per heavy atom. The maximum absolute atomic E-state index is 11.9. The van der Waals surface area contributed by atoms with Crippen molar-refractivity contribution in [1.29, 1.82) is 0 Å². The van der Waals surface area contributed by atoms with Crippen molar-refractivity contribution in [2.24, 2.45) is 5.14 Å². The highest BCUT2D eigenvalue weighted by Crippen LogP contribution is 2.26. The van der Waals surface area contributed by atoms with Crippen molar-refractivity contribution < 1.29 is 17.2 Å². The molecule has 0 aliphatic rings. The second kappa shape index (κ2) is 4.24. The van der Waals surface area contributed by atoms with Crippen LogP contribution >= 0.6 is 11.8 Å². The molecular weight excluding hydrogens is 232 g/mol. The molecule has 0 aliphatic heterocycles. The summed E-state index contributed by atoms with van der Waals surface area (Å²) in [5, 5.41) is 4.83. The molecule has 0 radical (unpaired) electrons. The number of primary sulfonamides is 1. The summed E-state index contributed by atoms with van der Waals surface area (Å²) in [7, 11) is -3.82. The Balaban J connectivity index is 3.02. The van der Waals surface area contributed by atoms with E-state index in [2.05, 4.69) is 0 Å². The molecular formula is C7H7F2NO2S2. The van der Waals surface area contributed by atoms with Crippen LogP contribution in [0.2, 0.25) is 0 Å². The maximum Gasteiger partial charge on any atom is 0.288 e. The van der Waals surface area contributed by atoms with Crippen LogP contribution in [0.5, 0.6) is 0 Å². The molecule has 0 atom stereocenters. The molecule has 0 amide bonds. The summed E-state index contributed by atoms with van der Waals surface area (Å²) in [6.07, 6.45) is 0. The largest absolute Gasteiger partial charge is 0.288 e. The van der Waals surface area contributed by atoms with E-state index in [0.29, 0.717) is 0 Å². The number of thioether (sulfide) groups is 1. The number of nitrogens with two attached hydrogens (primary N) is 1. The van der Waals surface area contributed by atoms with Crippen LogP contribution in [0.3, 0.4) is 0 Å². The van der Waals surface area contributed by atoms with Gasteiger partial charge in [-0.3, -0.25) is 0 Å². The molecule has 1 aromatic carbocycles. The van der Waals surface area contributed by atoms with Crippen LogP contribution in [-0.2, 0) is 10.0 Å². The van der Waals surface area contributed by atoms with Crippen molar-refractivity contribution in [3.63, 3.8) is 0 Å². The minimum atomic E-state index is -3.82. The number of rotatable bonds is 3. The zero-order valence-electron chi connectivity index (χ0n) is 6.85. The van der Waals surface area contributed by atoms with E-state index in [1.54, 1.807) is 0 Å². The van der Waals surface area contributed by atoms with Gasteiger partial charge in [0.15, 0.2) is 0 Å². The SMILES string of the molecule is NS(=O)(=O)c1cccc(SC(F)F)c1. The first-order chi connectivity index (χ1) is 6.39. The molecule has 0 heterocycles. The molecule has 0 bridgehead atoms. The Hall–Kier alpha value is -0.660. The average Bonchev–Trinajstić information content (AvgIpc) is 2.01. The quantitative estimate of drug-likeness (QED) is 0.816. The molecule has 3 nitrogen and oxygen atoms in total. The van der Waals surface area contributed by atoms with Gasteiger partial charge in [-0.1, -0.05) is 17.8 Å². The Morgan fingerprint density at radius 3 is 2.50 bits per heavy atom. The van der Waals surface area contributed by atoms with Gasteiger partial charge < -0.3 is 0 Å². The molecule has 0 aromatic heterocycles. The van der Waals surface area contributed by atoms with Gasteiger partial charge in [-0.2, -0.15) is 8.78 Å². The van der Waals surface area contributed by atoms with Crippen LogP contribution in [0.15, 0.2) is 34.1 Å². The minimum Gasteiger partial charge on any atom is -0.225 e. The zero-order valence-corrected chi connectivity index (χ0v) is 8.49. The fraction of sp³-hybridized carbons (Fsp3) is 0.143. The Morgan fingerprint density at radius 2 is 2.00 bits per heavy atom. The predicted octanol–water partition coefficient (Wildman–Crippen LogP) is 1.65. The zero-order chi connectivity index (χ0) is 10.8. The monoisotopic (exact) mass is 239 g/mol. The van der Waals surface area contributed by atoms with Crippen LogP contribution in [0.25, 0.3) is 0 Å². The van der Waals surface area contributed by atoms with Crippen LogP contribution in [-0.4, -0.2) is 14.2 Å². The molecule has 1 aromatic rings. The van der Waals surface area contributed by atoms with E-state index in [1.165, 1.54) is 18.2 Å². The van der Waals surface area contributed by atoms with Gasteiger partial charge in [-0.25, -0.2) is 13.6 Å². The summed E-state index contributed by atoms with van der Waals surface area (Å²) < 4.78 is 45.6. The number of sulfonamides is 1. The van der Waals surface area contributed by atoms with Crippen LogP contribution < -0.4 is 5.14 Å². The van der Waals surface area contributed by atoms with Gasteiger partial charge in [0.05, 0.1) is 4.90 Å². The van der Waals surface area contributed by atoms with Crippen molar-refractivity contribution >= 4 is 21.8 Å². The molecule has 1 rings (SSSR count). The van der Waals surface area contributed by atoms with E-state index >= 15 is 0 Å². The van der Waals surface area contributed by atoms with E-state index in [-0.39, 0.29) is 21.6 Å². The number of benzene rings is 1. The Kier molecular flexibility index (Phi) is 3.46. The average molecular weight is 239 g/mol. The molecule has 14 heavy (non-hydrogen) atoms. The van der Waals surface area contributed by atoms with Crippen molar-refractivity contribution in [3.8, 4) is 0 Å². The highest BCUT2D eigenvalue weighted by atomic mass is 32.2. The van der Waals surface area contributed by atoms with Crippen molar-refractivity contribution in [2.75, 3.05) is 0 Å². The maximum atomic E-state index is 11.9. The second-order valence-corrected chi connectivity index (χ2v) is 5.02. The Labute approximate surface area is 84.4 Å². The third kappa shape index (κ3) is 3.24. The fourth-order valence-corrected chi connectivity index (χ4v) is 2.02. The highest BCUT2D eigenvalue weighted by molar-refractivity contribution is 7.99. The third-order valence-corrected chi connectivity index (χ3v) is 2.97. The van der Waals surface area contributed by atoms with Gasteiger partial charge in [-0.15, -0.1) is 0 Å². The topological polar surface area (TPSA) is 60.2 Å². The van der Waals surface area contributed by atoms with E-state index in [0.717, 1.165) is 6.07 Å². The van der Waals surface area contributed by atoms with Crippen molar-refractivity contribution in [2.45, 2.75) is 15.5 Å². The third-order valence-electron chi connectivity index (χ3n) is 1.36. The molecule has 0 aliphatic carbocycles. The van der Waals surface area contributed by atoms with Gasteiger partial charge in [0.1, 0.15) is 0 Å². The van der Waals surface area contributed by atoms with Crippen LogP contribution in [0, 0.1) is 0 Å². The van der Waals surface area contributed by atoms with Crippen LogP contribution in [0.4, 0.5) is 8.78 Å². The van der Waals surface area contributed by atoms with Crippen LogP contribution in [0.1, 0.15) is 0 Å². The number of hydrogen-bond acceptors (Lipinski definition) is 3. The predicted molar refractivity (Wildman–Crippen MR) is 49.7 cm³/mol. The molecule has 0 unspecified atom stereocenters. The molecule has 2 N–H and O–H groups in total. The van der Waals surface area contributed by atoms with E-state index < -0.39 is 15.8 Å². The van der Waals surface area contributed by atoms with E-state index in [1.807, 2.05) is 0 Å². The second-order valence-electron chi connectivity index (χ2n) is 2.40. The van der Waals surface area contributed by atoms with Gasteiger partial charge in [0.25, 0.3) is 5.76 Å². The first-order valence-electron chi connectivity index (χ1n) is 3.47. The molecule has 0 fully saturated rings. The standard InChI is InChI=1S/C7H7F2NO2S2/c8-7(9)13-5-2-1-3-6(4-5)14(10,11)12/h1-4,7H,(H2,10,11,12). The smallest absolute Gasteiger partial charge is 0.225 e. The van der Waals surface area contributed by atoms with Crippen molar-refractivity contribution in [3.05, 3.63) is 24.3 Å². The summed E-state index contributed by atoms with van der Waals surface area (Å²) in [6, 6.07) is 5.13. The minimum absolute atomic E-state index is 0.164. The first-order valence-corrected chi connectivity index (χ1v) is 5.90. The van der Waals surface area contributed by atoms with E-state index in [4.69, 9.17) is 5.14 Å². The number of hydrogen-bond donors (Lipinski definition) is 1. The molecule has 7 heteroatoms. The van der Waals surface area contributed by atoms with Gasteiger partial charge in [-0.05, 0) is 18.2 Å². The summed E-state index contributed by atoms with van der Waals surface area (Å²) in [5.41, 5.74) is 0. The molecule has 0 saturated carbocycles. The summed E-state index contributed by atoms with van der Waals surface area (Å²) in [4.78, 5) is 0.00896.